The lowest BCUT2D eigenvalue weighted by Crippen LogP contribution is -2.25. The van der Waals surface area contributed by atoms with Gasteiger partial charge in [0.1, 0.15) is 0 Å². The molecule has 0 aliphatic carbocycles. The van der Waals surface area contributed by atoms with Gasteiger partial charge < -0.3 is 5.32 Å². The Hall–Kier alpha value is -2.05. The zero-order valence-electron chi connectivity index (χ0n) is 13.3. The van der Waals surface area contributed by atoms with Gasteiger partial charge in [-0.3, -0.25) is 14.9 Å². The molecule has 1 N–H and O–H groups in total. The molecular weight excluding hydrogens is 348 g/mol. The van der Waals surface area contributed by atoms with Crippen LogP contribution in [0.1, 0.15) is 18.9 Å². The van der Waals surface area contributed by atoms with E-state index in [1.54, 1.807) is 25.1 Å². The molecule has 0 heterocycles. The van der Waals surface area contributed by atoms with E-state index >= 15 is 0 Å². The molecule has 0 saturated carbocycles. The first kappa shape index (κ1) is 18.3. The predicted molar refractivity (Wildman–Crippen MR) is 97.9 cm³/mol. The van der Waals surface area contributed by atoms with Crippen molar-refractivity contribution < 1.29 is 9.72 Å². The fourth-order valence-corrected chi connectivity index (χ4v) is 3.15. The minimum Gasteiger partial charge on any atom is -0.325 e. The van der Waals surface area contributed by atoms with E-state index in [1.165, 1.54) is 23.9 Å². The summed E-state index contributed by atoms with van der Waals surface area (Å²) < 4.78 is 0. The number of rotatable bonds is 6. The van der Waals surface area contributed by atoms with Crippen LogP contribution in [0.3, 0.4) is 0 Å². The molecule has 0 saturated heterocycles. The lowest BCUT2D eigenvalue weighted by molar-refractivity contribution is -0.384. The number of nitrogens with one attached hydrogen (secondary N) is 1. The summed E-state index contributed by atoms with van der Waals surface area (Å²) in [5, 5.41) is 14.0. The Labute approximate surface area is 149 Å². The maximum Gasteiger partial charge on any atom is 0.271 e. The quantitative estimate of drug-likeness (QED) is 0.441. The topological polar surface area (TPSA) is 72.2 Å². The molecule has 1 unspecified atom stereocenters. The first-order valence-corrected chi connectivity index (χ1v) is 8.64. The summed E-state index contributed by atoms with van der Waals surface area (Å²) in [6.07, 6.45) is 0.632. The van der Waals surface area contributed by atoms with Gasteiger partial charge in [-0.2, -0.15) is 0 Å². The molecule has 2 rings (SSSR count). The number of amides is 1. The number of carbonyl (C=O) groups excluding carboxylic acids is 1. The second-order valence-corrected chi connectivity index (χ2v) is 6.93. The highest BCUT2D eigenvalue weighted by atomic mass is 35.5. The molecule has 0 radical (unpaired) electrons. The summed E-state index contributed by atoms with van der Waals surface area (Å²) in [6.45, 7) is 3.72. The monoisotopic (exact) mass is 364 g/mol. The lowest BCUT2D eigenvalue weighted by atomic mass is 10.1. The van der Waals surface area contributed by atoms with Crippen LogP contribution in [0.5, 0.6) is 0 Å². The first-order chi connectivity index (χ1) is 11.4. The molecule has 0 aliphatic heterocycles. The van der Waals surface area contributed by atoms with E-state index in [4.69, 9.17) is 11.6 Å². The van der Waals surface area contributed by atoms with Crippen molar-refractivity contribution in [1.29, 1.82) is 0 Å². The molecule has 0 bridgehead atoms. The van der Waals surface area contributed by atoms with Crippen LogP contribution in [0.4, 0.5) is 11.4 Å². The molecular formula is C17H17ClN2O3S. The van der Waals surface area contributed by atoms with Gasteiger partial charge in [-0.05, 0) is 43.2 Å². The average Bonchev–Trinajstić information content (AvgIpc) is 2.56. The Bertz CT molecular complexity index is 750. The number of carbonyl (C=O) groups is 1. The third-order valence-electron chi connectivity index (χ3n) is 3.45. The number of non-ortho nitro benzene ring substituents is 1. The zero-order chi connectivity index (χ0) is 17.7. The number of nitro benzene ring substituents is 1. The van der Waals surface area contributed by atoms with E-state index in [1.807, 2.05) is 19.1 Å². The van der Waals surface area contributed by atoms with E-state index in [0.717, 1.165) is 10.5 Å². The highest BCUT2D eigenvalue weighted by Crippen LogP contribution is 2.29. The van der Waals surface area contributed by atoms with Crippen LogP contribution >= 0.6 is 23.4 Å². The largest absolute Gasteiger partial charge is 0.325 e. The number of benzene rings is 2. The lowest BCUT2D eigenvalue weighted by Gasteiger charge is -2.16. The van der Waals surface area contributed by atoms with Crippen LogP contribution < -0.4 is 5.32 Å². The highest BCUT2D eigenvalue weighted by Gasteiger charge is 2.19. The minimum absolute atomic E-state index is 0.0469. The summed E-state index contributed by atoms with van der Waals surface area (Å²) in [4.78, 5) is 23.9. The number of hydrogen-bond acceptors (Lipinski definition) is 4. The minimum atomic E-state index is -0.477. The summed E-state index contributed by atoms with van der Waals surface area (Å²) in [5.41, 5.74) is 1.19. The summed E-state index contributed by atoms with van der Waals surface area (Å²) in [5.74, 6) is -0.180. The van der Waals surface area contributed by atoms with Gasteiger partial charge in [-0.1, -0.05) is 24.6 Å². The Balaban J connectivity index is 2.13. The van der Waals surface area contributed by atoms with Crippen molar-refractivity contribution in [2.75, 3.05) is 5.32 Å². The molecule has 0 aliphatic rings. The van der Waals surface area contributed by atoms with Gasteiger partial charge in [0, 0.05) is 22.1 Å². The summed E-state index contributed by atoms with van der Waals surface area (Å²) >= 11 is 7.30. The Morgan fingerprint density at radius 3 is 2.54 bits per heavy atom. The SMILES string of the molecule is CCC(Sc1ccc(Cl)cc1)C(=O)Nc1cc([N+](=O)[O-])ccc1C. The van der Waals surface area contributed by atoms with Crippen molar-refractivity contribution >= 4 is 40.6 Å². The van der Waals surface area contributed by atoms with Crippen LogP contribution in [0, 0.1) is 17.0 Å². The number of nitrogens with zero attached hydrogens (tertiary/aromatic N) is 1. The van der Waals surface area contributed by atoms with Gasteiger partial charge in [0.2, 0.25) is 5.91 Å². The number of thioether (sulfide) groups is 1. The molecule has 1 atom stereocenters. The van der Waals surface area contributed by atoms with Gasteiger partial charge in [0.25, 0.3) is 5.69 Å². The van der Waals surface area contributed by atoms with Crippen molar-refractivity contribution in [3.05, 3.63) is 63.2 Å². The van der Waals surface area contributed by atoms with Crippen LogP contribution in [-0.4, -0.2) is 16.1 Å². The van der Waals surface area contributed by atoms with Crippen LogP contribution in [0.25, 0.3) is 0 Å². The fourth-order valence-electron chi connectivity index (χ4n) is 2.07. The highest BCUT2D eigenvalue weighted by molar-refractivity contribution is 8.00. The maximum absolute atomic E-state index is 12.5. The predicted octanol–water partition coefficient (Wildman–Crippen LogP) is 5.07. The smallest absolute Gasteiger partial charge is 0.271 e. The van der Waals surface area contributed by atoms with Crippen molar-refractivity contribution in [3.63, 3.8) is 0 Å². The molecule has 2 aromatic carbocycles. The van der Waals surface area contributed by atoms with Crippen LogP contribution in [-0.2, 0) is 4.79 Å². The van der Waals surface area contributed by atoms with Crippen LogP contribution in [0.2, 0.25) is 5.02 Å². The van der Waals surface area contributed by atoms with E-state index in [2.05, 4.69) is 5.32 Å². The first-order valence-electron chi connectivity index (χ1n) is 7.39. The third kappa shape index (κ3) is 4.72. The van der Waals surface area contributed by atoms with E-state index in [0.29, 0.717) is 17.1 Å². The molecule has 126 valence electrons. The van der Waals surface area contributed by atoms with E-state index in [9.17, 15) is 14.9 Å². The molecule has 0 aromatic heterocycles. The molecule has 5 nitrogen and oxygen atoms in total. The molecule has 2 aromatic rings. The van der Waals surface area contributed by atoms with Gasteiger partial charge in [-0.25, -0.2) is 0 Å². The average molecular weight is 365 g/mol. The van der Waals surface area contributed by atoms with Crippen molar-refractivity contribution in [3.8, 4) is 0 Å². The number of aryl methyl sites for hydroxylation is 1. The van der Waals surface area contributed by atoms with Gasteiger partial charge in [0.05, 0.1) is 15.9 Å². The second kappa shape index (κ2) is 8.17. The number of anilines is 1. The molecule has 0 spiro atoms. The Morgan fingerprint density at radius 1 is 1.29 bits per heavy atom. The van der Waals surface area contributed by atoms with Gasteiger partial charge in [0.15, 0.2) is 0 Å². The standard InChI is InChI=1S/C17H17ClN2O3S/c1-3-16(24-14-8-5-12(18)6-9-14)17(21)19-15-10-13(20(22)23)7-4-11(15)2/h4-10,16H,3H2,1-2H3,(H,19,21). The molecule has 7 heteroatoms. The Kier molecular flexibility index (Phi) is 6.23. The zero-order valence-corrected chi connectivity index (χ0v) is 14.9. The van der Waals surface area contributed by atoms with Crippen LogP contribution in [0.15, 0.2) is 47.4 Å². The Morgan fingerprint density at radius 2 is 1.96 bits per heavy atom. The van der Waals surface area contributed by atoms with Crippen molar-refractivity contribution in [2.45, 2.75) is 30.4 Å². The van der Waals surface area contributed by atoms with Gasteiger partial charge >= 0.3 is 0 Å². The summed E-state index contributed by atoms with van der Waals surface area (Å²) in [6, 6.07) is 11.7. The normalized spacial score (nSPS) is 11.8. The van der Waals surface area contributed by atoms with E-state index < -0.39 is 4.92 Å². The number of nitro groups is 1. The second-order valence-electron chi connectivity index (χ2n) is 5.21. The maximum atomic E-state index is 12.5. The molecule has 24 heavy (non-hydrogen) atoms. The van der Waals surface area contributed by atoms with Crippen molar-refractivity contribution in [2.24, 2.45) is 0 Å². The molecule has 0 fully saturated rings. The summed E-state index contributed by atoms with van der Waals surface area (Å²) in [7, 11) is 0. The fraction of sp³-hybridized carbons (Fsp3) is 0.235. The molecule has 1 amide bonds. The number of hydrogen-bond donors (Lipinski definition) is 1. The van der Waals surface area contributed by atoms with Gasteiger partial charge in [-0.15, -0.1) is 11.8 Å². The third-order valence-corrected chi connectivity index (χ3v) is 5.07. The van der Waals surface area contributed by atoms with Crippen molar-refractivity contribution in [1.82, 2.24) is 0 Å². The van der Waals surface area contributed by atoms with E-state index in [-0.39, 0.29) is 16.8 Å². The number of halogens is 1.